The molecule has 0 amide bonds. The van der Waals surface area contributed by atoms with Gasteiger partial charge in [-0.3, -0.25) is 4.68 Å². The molecule has 102 valence electrons. The molecule has 1 heterocycles. The van der Waals surface area contributed by atoms with Crippen molar-refractivity contribution in [3.05, 3.63) is 52.1 Å². The zero-order valence-electron chi connectivity index (χ0n) is 11.1. The van der Waals surface area contributed by atoms with Gasteiger partial charge in [-0.1, -0.05) is 24.6 Å². The Morgan fingerprint density at radius 3 is 2.84 bits per heavy atom. The summed E-state index contributed by atoms with van der Waals surface area (Å²) in [4.78, 5) is 0. The average Bonchev–Trinajstić information content (AvgIpc) is 2.73. The van der Waals surface area contributed by atoms with E-state index >= 15 is 0 Å². The van der Waals surface area contributed by atoms with E-state index < -0.39 is 0 Å². The Morgan fingerprint density at radius 2 is 2.16 bits per heavy atom. The number of hydrogen-bond acceptors (Lipinski definition) is 2. The Morgan fingerprint density at radius 1 is 1.37 bits per heavy atom. The van der Waals surface area contributed by atoms with Crippen LogP contribution in [-0.2, 0) is 26.6 Å². The van der Waals surface area contributed by atoms with Crippen LogP contribution < -0.4 is 5.32 Å². The molecule has 1 aromatic heterocycles. The van der Waals surface area contributed by atoms with Crippen molar-refractivity contribution in [3.8, 4) is 0 Å². The van der Waals surface area contributed by atoms with Crippen LogP contribution in [0.1, 0.15) is 23.7 Å². The van der Waals surface area contributed by atoms with Crippen molar-refractivity contribution < 1.29 is 4.39 Å². The molecule has 0 radical (unpaired) electrons. The molecule has 3 nitrogen and oxygen atoms in total. The summed E-state index contributed by atoms with van der Waals surface area (Å²) in [5, 5.41) is 8.03. The van der Waals surface area contributed by atoms with Gasteiger partial charge in [-0.2, -0.15) is 5.10 Å². The number of hydrogen-bond donors (Lipinski definition) is 1. The number of nitrogens with one attached hydrogen (secondary N) is 1. The van der Waals surface area contributed by atoms with Gasteiger partial charge in [-0.15, -0.1) is 0 Å². The molecule has 0 bridgehead atoms. The minimum Gasteiger partial charge on any atom is -0.308 e. The highest BCUT2D eigenvalue weighted by molar-refractivity contribution is 6.31. The zero-order valence-corrected chi connectivity index (χ0v) is 11.8. The monoisotopic (exact) mass is 281 g/mol. The molecule has 0 aliphatic rings. The zero-order chi connectivity index (χ0) is 13.8. The number of benzene rings is 1. The first-order chi connectivity index (χ1) is 9.11. The quantitative estimate of drug-likeness (QED) is 0.913. The van der Waals surface area contributed by atoms with Crippen LogP contribution in [-0.4, -0.2) is 9.78 Å². The summed E-state index contributed by atoms with van der Waals surface area (Å²) in [6.45, 7) is 3.13. The third-order valence-corrected chi connectivity index (χ3v) is 3.36. The number of aryl methyl sites for hydroxylation is 2. The highest BCUT2D eigenvalue weighted by Crippen LogP contribution is 2.18. The summed E-state index contributed by atoms with van der Waals surface area (Å²) in [6.07, 6.45) is 2.87. The Kier molecular flexibility index (Phi) is 4.56. The second kappa shape index (κ2) is 6.17. The van der Waals surface area contributed by atoms with Crippen LogP contribution in [0.25, 0.3) is 0 Å². The lowest BCUT2D eigenvalue weighted by molar-refractivity contribution is 0.587. The maximum atomic E-state index is 13.6. The highest BCUT2D eigenvalue weighted by atomic mass is 35.5. The van der Waals surface area contributed by atoms with Crippen molar-refractivity contribution >= 4 is 11.6 Å². The van der Waals surface area contributed by atoms with Gasteiger partial charge in [0.2, 0.25) is 0 Å². The molecule has 19 heavy (non-hydrogen) atoms. The smallest absolute Gasteiger partial charge is 0.129 e. The molecule has 5 heteroatoms. The Hall–Kier alpha value is -1.39. The summed E-state index contributed by atoms with van der Waals surface area (Å²) >= 11 is 5.98. The van der Waals surface area contributed by atoms with E-state index in [0.717, 1.165) is 17.7 Å². The van der Waals surface area contributed by atoms with E-state index in [1.165, 1.54) is 6.07 Å². The Labute approximate surface area is 117 Å². The minimum atomic E-state index is -0.276. The van der Waals surface area contributed by atoms with Crippen LogP contribution in [0.4, 0.5) is 4.39 Å². The molecule has 0 unspecified atom stereocenters. The van der Waals surface area contributed by atoms with E-state index in [9.17, 15) is 4.39 Å². The summed E-state index contributed by atoms with van der Waals surface area (Å²) in [5.74, 6) is -0.276. The van der Waals surface area contributed by atoms with Crippen molar-refractivity contribution in [2.45, 2.75) is 26.4 Å². The lowest BCUT2D eigenvalue weighted by Gasteiger charge is -2.07. The van der Waals surface area contributed by atoms with Gasteiger partial charge in [-0.25, -0.2) is 4.39 Å². The summed E-state index contributed by atoms with van der Waals surface area (Å²) in [7, 11) is 1.90. The van der Waals surface area contributed by atoms with Crippen molar-refractivity contribution in [1.29, 1.82) is 0 Å². The Balaban J connectivity index is 2.00. The first-order valence-electron chi connectivity index (χ1n) is 6.26. The van der Waals surface area contributed by atoms with Gasteiger partial charge in [0.1, 0.15) is 5.82 Å². The lowest BCUT2D eigenvalue weighted by atomic mass is 10.2. The molecule has 0 spiro atoms. The normalized spacial score (nSPS) is 10.9. The third kappa shape index (κ3) is 3.33. The van der Waals surface area contributed by atoms with Gasteiger partial charge >= 0.3 is 0 Å². The molecule has 0 atom stereocenters. The minimum absolute atomic E-state index is 0.276. The summed E-state index contributed by atoms with van der Waals surface area (Å²) < 4.78 is 15.4. The number of rotatable bonds is 5. The lowest BCUT2D eigenvalue weighted by Crippen LogP contribution is -2.14. The molecule has 0 saturated carbocycles. The molecule has 2 aromatic rings. The van der Waals surface area contributed by atoms with Gasteiger partial charge in [0, 0.05) is 42.5 Å². The van der Waals surface area contributed by atoms with Crippen molar-refractivity contribution in [1.82, 2.24) is 15.1 Å². The van der Waals surface area contributed by atoms with Gasteiger partial charge in [0.05, 0.1) is 5.69 Å². The first kappa shape index (κ1) is 14.0. The SMILES string of the molecule is CCc1nn(C)cc1CNCc1c(F)cccc1Cl. The molecule has 0 fully saturated rings. The van der Waals surface area contributed by atoms with Gasteiger partial charge < -0.3 is 5.32 Å². The molecule has 0 aliphatic heterocycles. The fraction of sp³-hybridized carbons (Fsp3) is 0.357. The Bertz CT molecular complexity index is 546. The molecule has 2 rings (SSSR count). The summed E-state index contributed by atoms with van der Waals surface area (Å²) in [5.41, 5.74) is 2.71. The van der Waals surface area contributed by atoms with Crippen LogP contribution in [0, 0.1) is 5.82 Å². The topological polar surface area (TPSA) is 29.9 Å². The predicted molar refractivity (Wildman–Crippen MR) is 74.5 cm³/mol. The number of nitrogens with zero attached hydrogens (tertiary/aromatic N) is 2. The van der Waals surface area contributed by atoms with Crippen LogP contribution in [0.5, 0.6) is 0 Å². The van der Waals surface area contributed by atoms with Crippen LogP contribution in [0.15, 0.2) is 24.4 Å². The fourth-order valence-electron chi connectivity index (χ4n) is 2.05. The van der Waals surface area contributed by atoms with E-state index in [2.05, 4.69) is 17.3 Å². The van der Waals surface area contributed by atoms with E-state index in [1.807, 2.05) is 13.2 Å². The molecular formula is C14H17ClFN3. The van der Waals surface area contributed by atoms with Crippen LogP contribution in [0.2, 0.25) is 5.02 Å². The fourth-order valence-corrected chi connectivity index (χ4v) is 2.28. The maximum Gasteiger partial charge on any atom is 0.129 e. The average molecular weight is 282 g/mol. The molecular weight excluding hydrogens is 265 g/mol. The maximum absolute atomic E-state index is 13.6. The van der Waals surface area contributed by atoms with Crippen molar-refractivity contribution in [3.63, 3.8) is 0 Å². The van der Waals surface area contributed by atoms with E-state index in [1.54, 1.807) is 16.8 Å². The third-order valence-electron chi connectivity index (χ3n) is 3.01. The van der Waals surface area contributed by atoms with Gasteiger partial charge in [0.15, 0.2) is 0 Å². The predicted octanol–water partition coefficient (Wildman–Crippen LogP) is 3.06. The molecule has 0 aliphatic carbocycles. The number of halogens is 2. The van der Waals surface area contributed by atoms with E-state index in [-0.39, 0.29) is 5.82 Å². The molecule has 1 aromatic carbocycles. The van der Waals surface area contributed by atoms with Crippen molar-refractivity contribution in [2.24, 2.45) is 7.05 Å². The summed E-state index contributed by atoms with van der Waals surface area (Å²) in [6, 6.07) is 4.73. The standard InChI is InChI=1S/C14H17ClFN3/c1-3-14-10(9-19(2)18-14)7-17-8-11-12(15)5-4-6-13(11)16/h4-6,9,17H,3,7-8H2,1-2H3. The molecule has 0 saturated heterocycles. The highest BCUT2D eigenvalue weighted by Gasteiger charge is 2.08. The van der Waals surface area contributed by atoms with Crippen LogP contribution in [0.3, 0.4) is 0 Å². The number of aromatic nitrogens is 2. The van der Waals surface area contributed by atoms with Gasteiger partial charge in [-0.05, 0) is 18.6 Å². The van der Waals surface area contributed by atoms with Gasteiger partial charge in [0.25, 0.3) is 0 Å². The first-order valence-corrected chi connectivity index (χ1v) is 6.64. The van der Waals surface area contributed by atoms with Crippen molar-refractivity contribution in [2.75, 3.05) is 0 Å². The molecule has 1 N–H and O–H groups in total. The van der Waals surface area contributed by atoms with Crippen LogP contribution >= 0.6 is 11.6 Å². The van der Waals surface area contributed by atoms with E-state index in [0.29, 0.717) is 23.7 Å². The van der Waals surface area contributed by atoms with E-state index in [4.69, 9.17) is 11.6 Å². The second-order valence-electron chi connectivity index (χ2n) is 4.43. The second-order valence-corrected chi connectivity index (χ2v) is 4.84. The largest absolute Gasteiger partial charge is 0.308 e.